The number of ether oxygens (including phenoxy) is 2. The fraction of sp³-hybridized carbons (Fsp3) is 0.467. The number of halogens is 4. The van der Waals surface area contributed by atoms with Crippen LogP contribution in [0.1, 0.15) is 5.56 Å². The van der Waals surface area contributed by atoms with E-state index in [1.807, 2.05) is 31.2 Å². The van der Waals surface area contributed by atoms with Crippen molar-refractivity contribution < 1.29 is 24.0 Å². The van der Waals surface area contributed by atoms with Crippen LogP contribution in [0.3, 0.4) is 0 Å². The Hall–Kier alpha value is 0.0400. The molecule has 0 heterocycles. The molecule has 0 aliphatic carbocycles. The number of hydrogen-bond donors (Lipinski definition) is 1. The SMILES string of the molecule is Cc1ccc([NH+](CCOC(=O)C(Br)Br)CCOC(=O)C(Br)Br)cc1. The van der Waals surface area contributed by atoms with Gasteiger partial charge in [-0.3, -0.25) is 4.90 Å². The first-order valence-corrected chi connectivity index (χ1v) is 10.8. The lowest BCUT2D eigenvalue weighted by Gasteiger charge is -2.19. The minimum Gasteiger partial charge on any atom is -0.458 e. The van der Waals surface area contributed by atoms with Gasteiger partial charge in [0.1, 0.15) is 32.0 Å². The summed E-state index contributed by atoms with van der Waals surface area (Å²) >= 11 is 12.4. The maximum Gasteiger partial charge on any atom is 0.330 e. The molecule has 0 fully saturated rings. The Morgan fingerprint density at radius 2 is 1.33 bits per heavy atom. The summed E-state index contributed by atoms with van der Waals surface area (Å²) < 4.78 is 9.32. The van der Waals surface area contributed by atoms with E-state index in [2.05, 4.69) is 63.7 Å². The first kappa shape index (κ1) is 22.1. The van der Waals surface area contributed by atoms with E-state index in [9.17, 15) is 9.59 Å². The van der Waals surface area contributed by atoms with Gasteiger partial charge in [0.25, 0.3) is 0 Å². The Balaban J connectivity index is 2.60. The van der Waals surface area contributed by atoms with Gasteiger partial charge in [-0.15, -0.1) is 0 Å². The van der Waals surface area contributed by atoms with Gasteiger partial charge in [-0.1, -0.05) is 81.4 Å². The van der Waals surface area contributed by atoms with Crippen molar-refractivity contribution in [3.63, 3.8) is 0 Å². The fourth-order valence-electron chi connectivity index (χ4n) is 1.88. The molecule has 5 nitrogen and oxygen atoms in total. The van der Waals surface area contributed by atoms with Crippen molar-refractivity contribution in [2.75, 3.05) is 26.3 Å². The van der Waals surface area contributed by atoms with E-state index in [0.717, 1.165) is 10.6 Å². The summed E-state index contributed by atoms with van der Waals surface area (Å²) in [5, 5.41) is 0. The quantitative estimate of drug-likeness (QED) is 0.353. The highest BCUT2D eigenvalue weighted by Crippen LogP contribution is 2.10. The van der Waals surface area contributed by atoms with Crippen LogP contribution in [0.5, 0.6) is 0 Å². The van der Waals surface area contributed by atoms with Gasteiger partial charge in [0, 0.05) is 0 Å². The highest BCUT2D eigenvalue weighted by atomic mass is 79.9. The van der Waals surface area contributed by atoms with Crippen LogP contribution in [0.25, 0.3) is 0 Å². The molecule has 0 radical (unpaired) electrons. The number of rotatable bonds is 9. The molecular formula is C15H18Br4NO4+. The zero-order valence-electron chi connectivity index (χ0n) is 12.9. The fourth-order valence-corrected chi connectivity index (χ4v) is 2.41. The van der Waals surface area contributed by atoms with Gasteiger partial charge in [-0.05, 0) is 19.1 Å². The van der Waals surface area contributed by atoms with Crippen LogP contribution in [0.15, 0.2) is 24.3 Å². The van der Waals surface area contributed by atoms with Crippen LogP contribution in [-0.2, 0) is 19.1 Å². The topological polar surface area (TPSA) is 57.0 Å². The molecule has 134 valence electrons. The van der Waals surface area contributed by atoms with Gasteiger partial charge in [0.05, 0.1) is 0 Å². The summed E-state index contributed by atoms with van der Waals surface area (Å²) in [5.41, 5.74) is 2.22. The molecule has 1 rings (SSSR count). The molecule has 0 atom stereocenters. The van der Waals surface area contributed by atoms with Crippen molar-refractivity contribution in [1.82, 2.24) is 0 Å². The highest BCUT2D eigenvalue weighted by molar-refractivity contribution is 9.25. The summed E-state index contributed by atoms with van der Waals surface area (Å²) in [6.45, 7) is 3.70. The number of hydrogen-bond acceptors (Lipinski definition) is 4. The Bertz CT molecular complexity index is 511. The largest absolute Gasteiger partial charge is 0.458 e. The van der Waals surface area contributed by atoms with Gasteiger partial charge < -0.3 is 9.47 Å². The molecule has 0 unspecified atom stereocenters. The van der Waals surface area contributed by atoms with E-state index in [1.165, 1.54) is 5.56 Å². The van der Waals surface area contributed by atoms with Crippen LogP contribution < -0.4 is 4.90 Å². The summed E-state index contributed by atoms with van der Waals surface area (Å²) in [6, 6.07) is 8.08. The molecule has 0 aliphatic heterocycles. The molecule has 0 saturated heterocycles. The second kappa shape index (κ2) is 11.6. The molecule has 1 N–H and O–H groups in total. The zero-order chi connectivity index (χ0) is 18.1. The average Bonchev–Trinajstić information content (AvgIpc) is 2.53. The van der Waals surface area contributed by atoms with E-state index >= 15 is 0 Å². The molecule has 0 bridgehead atoms. The molecule has 1 aromatic rings. The number of nitrogens with one attached hydrogen (secondary N) is 1. The predicted octanol–water partition coefficient (Wildman–Crippen LogP) is 2.83. The molecule has 9 heteroatoms. The number of alkyl halides is 4. The Kier molecular flexibility index (Phi) is 10.7. The first-order chi connectivity index (χ1) is 11.3. The Labute approximate surface area is 174 Å². The van der Waals surface area contributed by atoms with E-state index in [0.29, 0.717) is 13.1 Å². The summed E-state index contributed by atoms with van der Waals surface area (Å²) in [6.07, 6.45) is 0. The number of quaternary nitrogens is 1. The third-order valence-electron chi connectivity index (χ3n) is 3.11. The normalized spacial score (nSPS) is 11.2. The van der Waals surface area contributed by atoms with Gasteiger partial charge >= 0.3 is 11.9 Å². The van der Waals surface area contributed by atoms with E-state index < -0.39 is 7.47 Å². The average molecular weight is 596 g/mol. The third kappa shape index (κ3) is 8.42. The zero-order valence-corrected chi connectivity index (χ0v) is 19.3. The number of aryl methyl sites for hydroxylation is 1. The monoisotopic (exact) mass is 592 g/mol. The number of esters is 2. The van der Waals surface area contributed by atoms with Gasteiger partial charge in [-0.2, -0.15) is 0 Å². The number of benzene rings is 1. The van der Waals surface area contributed by atoms with Crippen LogP contribution in [0.4, 0.5) is 5.69 Å². The predicted molar refractivity (Wildman–Crippen MR) is 107 cm³/mol. The standard InChI is InChI=1S/C15H17Br4NO4/c1-10-2-4-11(5-3-10)20(6-8-23-14(21)12(16)17)7-9-24-15(22)13(18)19/h2-5,12-13H,6-9H2,1H3/p+1. The minimum atomic E-state index is -0.511. The summed E-state index contributed by atoms with van der Waals surface area (Å²) in [7, 11) is 0. The van der Waals surface area contributed by atoms with Gasteiger partial charge in [0.15, 0.2) is 7.47 Å². The lowest BCUT2D eigenvalue weighted by Crippen LogP contribution is -3.08. The van der Waals surface area contributed by atoms with E-state index in [1.54, 1.807) is 0 Å². The molecule has 0 aromatic heterocycles. The Morgan fingerprint density at radius 1 is 0.917 bits per heavy atom. The second-order valence-electron chi connectivity index (χ2n) is 4.91. The first-order valence-electron chi connectivity index (χ1n) is 7.12. The molecule has 0 spiro atoms. The van der Waals surface area contributed by atoms with E-state index in [4.69, 9.17) is 9.47 Å². The van der Waals surface area contributed by atoms with Crippen molar-refractivity contribution >= 4 is 81.3 Å². The summed E-state index contributed by atoms with van der Waals surface area (Å²) in [5.74, 6) is -0.739. The van der Waals surface area contributed by atoms with Crippen molar-refractivity contribution in [3.8, 4) is 0 Å². The highest BCUT2D eigenvalue weighted by Gasteiger charge is 2.18. The van der Waals surface area contributed by atoms with Gasteiger partial charge in [-0.25, -0.2) is 9.59 Å². The molecule has 0 amide bonds. The molecule has 24 heavy (non-hydrogen) atoms. The van der Waals surface area contributed by atoms with Crippen molar-refractivity contribution in [2.24, 2.45) is 0 Å². The van der Waals surface area contributed by atoms with Crippen LogP contribution in [0, 0.1) is 6.92 Å². The minimum absolute atomic E-state index is 0.267. The van der Waals surface area contributed by atoms with Crippen LogP contribution in [-0.4, -0.2) is 45.7 Å². The van der Waals surface area contributed by atoms with Crippen molar-refractivity contribution in [2.45, 2.75) is 14.4 Å². The maximum atomic E-state index is 11.5. The summed E-state index contributed by atoms with van der Waals surface area (Å²) in [4.78, 5) is 24.0. The smallest absolute Gasteiger partial charge is 0.330 e. The number of carbonyl (C=O) groups is 2. The lowest BCUT2D eigenvalue weighted by atomic mass is 10.2. The van der Waals surface area contributed by atoms with Crippen LogP contribution in [0.2, 0.25) is 0 Å². The van der Waals surface area contributed by atoms with Gasteiger partial charge in [0.2, 0.25) is 0 Å². The molecule has 0 aliphatic rings. The molecule has 1 aromatic carbocycles. The van der Waals surface area contributed by atoms with E-state index in [-0.39, 0.29) is 25.2 Å². The maximum absolute atomic E-state index is 11.5. The molecular weight excluding hydrogens is 578 g/mol. The number of carbonyl (C=O) groups excluding carboxylic acids is 2. The Morgan fingerprint density at radius 3 is 1.71 bits per heavy atom. The van der Waals surface area contributed by atoms with Crippen molar-refractivity contribution in [3.05, 3.63) is 29.8 Å². The third-order valence-corrected chi connectivity index (χ3v) is 4.61. The van der Waals surface area contributed by atoms with Crippen molar-refractivity contribution in [1.29, 1.82) is 0 Å². The van der Waals surface area contributed by atoms with Crippen LogP contribution >= 0.6 is 63.7 Å². The lowest BCUT2D eigenvalue weighted by molar-refractivity contribution is -0.833. The second-order valence-corrected chi connectivity index (χ2v) is 11.0. The molecule has 0 saturated carbocycles.